The number of benzene rings is 1. The molecule has 0 aliphatic rings. The molecule has 24 heavy (non-hydrogen) atoms. The van der Waals surface area contributed by atoms with Gasteiger partial charge >= 0.3 is 6.01 Å². The van der Waals surface area contributed by atoms with Gasteiger partial charge in [-0.15, -0.1) is 5.10 Å². The second-order valence-corrected chi connectivity index (χ2v) is 5.46. The molecule has 0 atom stereocenters. The Kier molecular flexibility index (Phi) is 4.43. The van der Waals surface area contributed by atoms with Crippen molar-refractivity contribution in [2.75, 3.05) is 5.32 Å². The molecule has 2 heterocycles. The second-order valence-electron chi connectivity index (χ2n) is 5.05. The van der Waals surface area contributed by atoms with E-state index in [1.165, 1.54) is 6.08 Å². The van der Waals surface area contributed by atoms with E-state index in [0.29, 0.717) is 10.7 Å². The lowest BCUT2D eigenvalue weighted by molar-refractivity contribution is -0.112. The van der Waals surface area contributed by atoms with E-state index in [4.69, 9.17) is 16.0 Å². The fraction of sp³-hybridized carbons (Fsp3) is 0.125. The Morgan fingerprint density at radius 1 is 1.33 bits per heavy atom. The fourth-order valence-corrected chi connectivity index (χ4v) is 2.31. The van der Waals surface area contributed by atoms with Crippen LogP contribution in [0.25, 0.3) is 17.7 Å². The van der Waals surface area contributed by atoms with Crippen LogP contribution in [-0.2, 0) is 11.8 Å². The molecule has 0 saturated heterocycles. The summed E-state index contributed by atoms with van der Waals surface area (Å²) in [6.45, 7) is 1.86. The van der Waals surface area contributed by atoms with Crippen molar-refractivity contribution in [3.05, 3.63) is 52.7 Å². The molecule has 0 radical (unpaired) electrons. The summed E-state index contributed by atoms with van der Waals surface area (Å²) in [5.41, 5.74) is 2.25. The van der Waals surface area contributed by atoms with Crippen LogP contribution in [0.2, 0.25) is 5.02 Å². The van der Waals surface area contributed by atoms with Gasteiger partial charge in [-0.3, -0.25) is 14.8 Å². The van der Waals surface area contributed by atoms with Crippen molar-refractivity contribution in [2.45, 2.75) is 6.92 Å². The number of anilines is 1. The molecule has 7 nitrogen and oxygen atoms in total. The largest absolute Gasteiger partial charge is 0.401 e. The van der Waals surface area contributed by atoms with Crippen LogP contribution in [0.4, 0.5) is 6.01 Å². The quantitative estimate of drug-likeness (QED) is 0.736. The number of amides is 1. The number of hydrogen-bond acceptors (Lipinski definition) is 5. The Morgan fingerprint density at radius 3 is 2.83 bits per heavy atom. The van der Waals surface area contributed by atoms with Crippen LogP contribution in [0.3, 0.4) is 0 Å². The SMILES string of the molecule is Cc1cc(-c2nnc(NC(=O)C=Cc3ccccc3Cl)o2)n(C)n1. The summed E-state index contributed by atoms with van der Waals surface area (Å²) in [6.07, 6.45) is 2.96. The van der Waals surface area contributed by atoms with Crippen LogP contribution in [-0.4, -0.2) is 25.9 Å². The molecular formula is C16H14ClN5O2. The van der Waals surface area contributed by atoms with Crippen LogP contribution in [0.1, 0.15) is 11.3 Å². The Bertz CT molecular complexity index is 913. The molecule has 0 fully saturated rings. The highest BCUT2D eigenvalue weighted by Gasteiger charge is 2.14. The standard InChI is InChI=1S/C16H14ClN5O2/c1-10-9-13(22(2)21-10)15-19-20-16(24-15)18-14(23)8-7-11-5-3-4-6-12(11)17/h3-9H,1-2H3,(H,18,20,23). The Hall–Kier alpha value is -2.93. The minimum Gasteiger partial charge on any atom is -0.401 e. The zero-order valence-electron chi connectivity index (χ0n) is 13.0. The first kappa shape index (κ1) is 15.9. The number of aryl methyl sites for hydroxylation is 2. The van der Waals surface area contributed by atoms with E-state index in [2.05, 4.69) is 20.6 Å². The maximum atomic E-state index is 11.9. The molecule has 0 aliphatic carbocycles. The summed E-state index contributed by atoms with van der Waals surface area (Å²) in [6, 6.07) is 9.04. The molecular weight excluding hydrogens is 330 g/mol. The number of carbonyl (C=O) groups is 1. The molecule has 3 aromatic rings. The molecule has 0 aliphatic heterocycles. The van der Waals surface area contributed by atoms with Gasteiger partial charge in [0.05, 0.1) is 5.69 Å². The zero-order valence-corrected chi connectivity index (χ0v) is 13.8. The van der Waals surface area contributed by atoms with Crippen molar-refractivity contribution in [2.24, 2.45) is 7.05 Å². The maximum Gasteiger partial charge on any atom is 0.322 e. The van der Waals surface area contributed by atoms with Crippen LogP contribution >= 0.6 is 11.6 Å². The van der Waals surface area contributed by atoms with Crippen LogP contribution < -0.4 is 5.32 Å². The van der Waals surface area contributed by atoms with E-state index in [1.54, 1.807) is 23.9 Å². The van der Waals surface area contributed by atoms with Gasteiger partial charge in [-0.05, 0) is 30.7 Å². The van der Waals surface area contributed by atoms with E-state index in [9.17, 15) is 4.79 Å². The number of hydrogen-bond donors (Lipinski definition) is 1. The van der Waals surface area contributed by atoms with Crippen LogP contribution in [0.15, 0.2) is 40.8 Å². The van der Waals surface area contributed by atoms with Crippen LogP contribution in [0.5, 0.6) is 0 Å². The summed E-state index contributed by atoms with van der Waals surface area (Å²) in [7, 11) is 1.77. The Balaban J connectivity index is 1.70. The third-order valence-electron chi connectivity index (χ3n) is 3.20. The van der Waals surface area contributed by atoms with Crippen LogP contribution in [0, 0.1) is 6.92 Å². The number of nitrogens with one attached hydrogen (secondary N) is 1. The van der Waals surface area contributed by atoms with Gasteiger partial charge in [-0.2, -0.15) is 5.10 Å². The van der Waals surface area contributed by atoms with Gasteiger partial charge in [-0.1, -0.05) is 34.9 Å². The first-order valence-electron chi connectivity index (χ1n) is 7.11. The lowest BCUT2D eigenvalue weighted by Gasteiger charge is -1.97. The smallest absolute Gasteiger partial charge is 0.322 e. The van der Waals surface area contributed by atoms with E-state index in [-0.39, 0.29) is 11.9 Å². The first-order valence-corrected chi connectivity index (χ1v) is 7.49. The van der Waals surface area contributed by atoms with E-state index in [1.807, 2.05) is 31.2 Å². The summed E-state index contributed by atoms with van der Waals surface area (Å²) >= 11 is 6.02. The van der Waals surface area contributed by atoms with E-state index < -0.39 is 5.91 Å². The average Bonchev–Trinajstić information content (AvgIpc) is 3.12. The lowest BCUT2D eigenvalue weighted by atomic mass is 10.2. The molecule has 1 aromatic carbocycles. The third kappa shape index (κ3) is 3.52. The number of rotatable bonds is 4. The van der Waals surface area contributed by atoms with Crippen molar-refractivity contribution >= 4 is 29.6 Å². The Morgan fingerprint density at radius 2 is 2.12 bits per heavy atom. The minimum atomic E-state index is -0.397. The van der Waals surface area contributed by atoms with Gasteiger partial charge in [-0.25, -0.2) is 0 Å². The van der Waals surface area contributed by atoms with Gasteiger partial charge in [0.1, 0.15) is 5.69 Å². The Labute approximate surface area is 143 Å². The highest BCUT2D eigenvalue weighted by molar-refractivity contribution is 6.32. The predicted molar refractivity (Wildman–Crippen MR) is 90.4 cm³/mol. The topological polar surface area (TPSA) is 85.8 Å². The molecule has 2 aromatic heterocycles. The number of carbonyl (C=O) groups excluding carboxylic acids is 1. The van der Waals surface area contributed by atoms with Gasteiger partial charge in [0.25, 0.3) is 11.8 Å². The number of halogens is 1. The summed E-state index contributed by atoms with van der Waals surface area (Å²) in [4.78, 5) is 11.9. The molecule has 0 bridgehead atoms. The predicted octanol–water partition coefficient (Wildman–Crippen LogP) is 3.08. The van der Waals surface area contributed by atoms with Crippen molar-refractivity contribution in [1.82, 2.24) is 20.0 Å². The average molecular weight is 344 g/mol. The molecule has 0 unspecified atom stereocenters. The molecule has 3 rings (SSSR count). The lowest BCUT2D eigenvalue weighted by Crippen LogP contribution is -2.07. The molecule has 0 saturated carbocycles. The van der Waals surface area contributed by atoms with Gasteiger partial charge < -0.3 is 4.42 Å². The van der Waals surface area contributed by atoms with Crippen molar-refractivity contribution in [3.63, 3.8) is 0 Å². The normalized spacial score (nSPS) is 11.1. The summed E-state index contributed by atoms with van der Waals surface area (Å²) in [5.74, 6) is -0.116. The number of nitrogens with zero attached hydrogens (tertiary/aromatic N) is 4. The van der Waals surface area contributed by atoms with Gasteiger partial charge in [0.2, 0.25) is 0 Å². The van der Waals surface area contributed by atoms with Crippen molar-refractivity contribution < 1.29 is 9.21 Å². The minimum absolute atomic E-state index is 0.0117. The van der Waals surface area contributed by atoms with Gasteiger partial charge in [0.15, 0.2) is 0 Å². The maximum absolute atomic E-state index is 11.9. The first-order chi connectivity index (χ1) is 11.5. The molecule has 8 heteroatoms. The van der Waals surface area contributed by atoms with E-state index in [0.717, 1.165) is 11.3 Å². The second kappa shape index (κ2) is 6.67. The molecule has 1 amide bonds. The van der Waals surface area contributed by atoms with E-state index >= 15 is 0 Å². The molecule has 1 N–H and O–H groups in total. The fourth-order valence-electron chi connectivity index (χ4n) is 2.11. The third-order valence-corrected chi connectivity index (χ3v) is 3.54. The molecule has 0 spiro atoms. The highest BCUT2D eigenvalue weighted by Crippen LogP contribution is 2.20. The summed E-state index contributed by atoms with van der Waals surface area (Å²) < 4.78 is 7.07. The summed E-state index contributed by atoms with van der Waals surface area (Å²) in [5, 5.41) is 15.0. The van der Waals surface area contributed by atoms with Crippen molar-refractivity contribution in [1.29, 1.82) is 0 Å². The monoisotopic (exact) mass is 343 g/mol. The molecule has 122 valence electrons. The number of aromatic nitrogens is 4. The zero-order chi connectivity index (χ0) is 17.1. The van der Waals surface area contributed by atoms with Crippen molar-refractivity contribution in [3.8, 4) is 11.6 Å². The highest BCUT2D eigenvalue weighted by atomic mass is 35.5. The van der Waals surface area contributed by atoms with Gasteiger partial charge in [0, 0.05) is 18.1 Å².